The Morgan fingerprint density at radius 1 is 0.463 bits per heavy atom. The average Bonchev–Trinajstić information content (AvgIpc) is 3.19. The molecule has 0 aliphatic rings. The zero-order chi connectivity index (χ0) is 38.4. The van der Waals surface area contributed by atoms with Crippen LogP contribution >= 0.6 is 23.2 Å². The van der Waals surface area contributed by atoms with E-state index in [-0.39, 0.29) is 37.4 Å². The summed E-state index contributed by atoms with van der Waals surface area (Å²) in [5.74, 6) is -2.48. The second kappa shape index (κ2) is 18.7. The number of ether oxygens (including phenoxy) is 6. The average molecular weight is 772 g/mol. The molecule has 0 aromatic heterocycles. The number of hydrogen-bond donors (Lipinski definition) is 0. The van der Waals surface area contributed by atoms with Gasteiger partial charge in [0, 0.05) is 17.2 Å². The van der Waals surface area contributed by atoms with Crippen LogP contribution in [0, 0.1) is 0 Å². The van der Waals surface area contributed by atoms with Gasteiger partial charge in [0.15, 0.2) is 0 Å². The Balaban J connectivity index is 1.46. The van der Waals surface area contributed by atoms with Crippen molar-refractivity contribution in [1.29, 1.82) is 0 Å². The maximum Gasteiger partial charge on any atom is 0.418 e. The van der Waals surface area contributed by atoms with Crippen LogP contribution in [0.5, 0.6) is 23.0 Å². The number of rotatable bonds is 19. The van der Waals surface area contributed by atoms with Crippen LogP contribution in [0.2, 0.25) is 0 Å². The highest BCUT2D eigenvalue weighted by Crippen LogP contribution is 2.41. The van der Waals surface area contributed by atoms with E-state index in [0.29, 0.717) is 23.0 Å². The summed E-state index contributed by atoms with van der Waals surface area (Å²) in [6, 6.07) is 43.4. The van der Waals surface area contributed by atoms with Gasteiger partial charge in [-0.3, -0.25) is 9.59 Å². The predicted octanol–water partition coefficient (Wildman–Crippen LogP) is 10.4. The van der Waals surface area contributed by atoms with E-state index in [0.717, 1.165) is 16.7 Å². The molecular formula is C44H44Cl2O8. The normalized spacial score (nSPS) is 14.3. The lowest BCUT2D eigenvalue weighted by Crippen LogP contribution is -2.46. The van der Waals surface area contributed by atoms with E-state index in [4.69, 9.17) is 51.6 Å². The van der Waals surface area contributed by atoms with E-state index in [9.17, 15) is 9.59 Å². The fourth-order valence-corrected chi connectivity index (χ4v) is 6.15. The van der Waals surface area contributed by atoms with Gasteiger partial charge >= 0.3 is 23.9 Å². The van der Waals surface area contributed by atoms with Crippen LogP contribution < -0.4 is 18.9 Å². The number of benzene rings is 5. The van der Waals surface area contributed by atoms with Crippen LogP contribution in [0.25, 0.3) is 0 Å². The molecule has 0 N–H and O–H groups in total. The van der Waals surface area contributed by atoms with Crippen LogP contribution in [0.3, 0.4) is 0 Å². The highest BCUT2D eigenvalue weighted by Gasteiger charge is 2.40. The molecule has 0 aliphatic carbocycles. The number of para-hydroxylation sites is 2. The summed E-state index contributed by atoms with van der Waals surface area (Å²) in [6.45, 7) is 5.76. The van der Waals surface area contributed by atoms with Crippen molar-refractivity contribution in [2.75, 3.05) is 11.8 Å². The lowest BCUT2D eigenvalue weighted by atomic mass is 9.71. The molecule has 2 unspecified atom stereocenters. The molecule has 0 spiro atoms. The number of alkyl halides is 2. The molecule has 2 atom stereocenters. The molecule has 0 radical (unpaired) electrons. The Morgan fingerprint density at radius 3 is 1.07 bits per heavy atom. The first-order valence-corrected chi connectivity index (χ1v) is 18.9. The van der Waals surface area contributed by atoms with Crippen LogP contribution in [0.1, 0.15) is 63.1 Å². The Morgan fingerprint density at radius 2 is 0.759 bits per heavy atom. The van der Waals surface area contributed by atoms with Gasteiger partial charge in [-0.1, -0.05) is 105 Å². The summed E-state index contributed by atoms with van der Waals surface area (Å²) in [6.07, 6.45) is 0.411. The number of esters is 2. The third-order valence-corrected chi connectivity index (χ3v) is 9.17. The van der Waals surface area contributed by atoms with Crippen molar-refractivity contribution in [3.05, 3.63) is 156 Å². The minimum atomic E-state index is -1.72. The Labute approximate surface area is 326 Å². The van der Waals surface area contributed by atoms with Crippen LogP contribution in [0.15, 0.2) is 140 Å². The number of carbonyl (C=O) groups is 2. The molecule has 8 nitrogen and oxygen atoms in total. The van der Waals surface area contributed by atoms with Gasteiger partial charge in [0.1, 0.15) is 23.0 Å². The fraction of sp³-hybridized carbons (Fsp3) is 0.273. The highest BCUT2D eigenvalue weighted by atomic mass is 35.5. The molecule has 0 aliphatic heterocycles. The molecular weight excluding hydrogens is 727 g/mol. The van der Waals surface area contributed by atoms with Crippen LogP contribution in [-0.4, -0.2) is 35.6 Å². The maximum absolute atomic E-state index is 12.7. The second-order valence-corrected chi connectivity index (χ2v) is 13.2. The maximum atomic E-state index is 12.7. The van der Waals surface area contributed by atoms with Gasteiger partial charge in [-0.05, 0) is 72.1 Å². The van der Waals surface area contributed by atoms with Gasteiger partial charge in [-0.2, -0.15) is 0 Å². The summed E-state index contributed by atoms with van der Waals surface area (Å²) in [5, 5.41) is 0. The van der Waals surface area contributed by atoms with Crippen LogP contribution in [0.4, 0.5) is 0 Å². The Hall–Kier alpha value is -5.18. The molecule has 0 heterocycles. The lowest BCUT2D eigenvalue weighted by Gasteiger charge is -2.34. The van der Waals surface area contributed by atoms with E-state index in [1.54, 1.807) is 24.3 Å². The number of hydrogen-bond acceptors (Lipinski definition) is 8. The third-order valence-electron chi connectivity index (χ3n) is 8.80. The molecule has 5 aromatic rings. The quantitative estimate of drug-likeness (QED) is 0.0355. The summed E-state index contributed by atoms with van der Waals surface area (Å²) in [4.78, 5) is 25.3. The van der Waals surface area contributed by atoms with Crippen LogP contribution in [-0.2, 0) is 24.5 Å². The van der Waals surface area contributed by atoms with Gasteiger partial charge in [0.05, 0.1) is 25.7 Å². The third kappa shape index (κ3) is 10.1. The van der Waals surface area contributed by atoms with Crippen molar-refractivity contribution in [2.24, 2.45) is 0 Å². The molecule has 0 saturated heterocycles. The largest absolute Gasteiger partial charge is 0.421 e. The fourth-order valence-electron chi connectivity index (χ4n) is 5.84. The van der Waals surface area contributed by atoms with E-state index >= 15 is 0 Å². The molecule has 282 valence electrons. The molecule has 0 saturated carbocycles. The zero-order valence-electron chi connectivity index (χ0n) is 30.5. The van der Waals surface area contributed by atoms with Crippen molar-refractivity contribution in [2.45, 2.75) is 63.8 Å². The van der Waals surface area contributed by atoms with Crippen molar-refractivity contribution in [1.82, 2.24) is 0 Å². The first-order chi connectivity index (χ1) is 26.2. The minimum Gasteiger partial charge on any atom is -0.421 e. The standard InChI is InChI=1S/C44H44Cl2O8/c1-4-43(53-40(47)29-31-45,49-36-17-11-7-12-18-36)51-38-25-21-34(22-26-38)42(3,33-15-9-6-10-16-33)35-23-27-39(28-24-35)52-44(5-2,54-41(48)30-32-46)50-37-19-13-8-14-20-37/h6-28H,4-5,29-32H2,1-3H3. The smallest absolute Gasteiger partial charge is 0.418 e. The van der Waals surface area contributed by atoms with Crippen molar-refractivity contribution < 1.29 is 38.0 Å². The summed E-state index contributed by atoms with van der Waals surface area (Å²) >= 11 is 11.7. The highest BCUT2D eigenvalue weighted by molar-refractivity contribution is 6.19. The first-order valence-electron chi connectivity index (χ1n) is 17.8. The van der Waals surface area contributed by atoms with E-state index in [1.807, 2.05) is 117 Å². The lowest BCUT2D eigenvalue weighted by molar-refractivity contribution is -0.287. The van der Waals surface area contributed by atoms with E-state index in [1.165, 1.54) is 0 Å². The van der Waals surface area contributed by atoms with E-state index < -0.39 is 29.3 Å². The molecule has 5 rings (SSSR count). The first kappa shape index (κ1) is 40.0. The monoisotopic (exact) mass is 770 g/mol. The summed E-state index contributed by atoms with van der Waals surface area (Å²) < 4.78 is 36.5. The topological polar surface area (TPSA) is 89.5 Å². The summed E-state index contributed by atoms with van der Waals surface area (Å²) in [7, 11) is 0. The molecule has 0 fully saturated rings. The van der Waals surface area contributed by atoms with Gasteiger partial charge in [0.2, 0.25) is 0 Å². The Bertz CT molecular complexity index is 1790. The minimum absolute atomic E-state index is 0.00166. The van der Waals surface area contributed by atoms with Crippen molar-refractivity contribution in [3.8, 4) is 23.0 Å². The van der Waals surface area contributed by atoms with Gasteiger partial charge in [-0.15, -0.1) is 23.2 Å². The van der Waals surface area contributed by atoms with Gasteiger partial charge in [-0.25, -0.2) is 0 Å². The number of halogens is 2. The summed E-state index contributed by atoms with van der Waals surface area (Å²) in [5.41, 5.74) is 2.33. The molecule has 54 heavy (non-hydrogen) atoms. The van der Waals surface area contributed by atoms with Crippen molar-refractivity contribution >= 4 is 35.1 Å². The Kier molecular flexibility index (Phi) is 13.9. The SMILES string of the molecule is CCC(OC(=O)CCCl)(Oc1ccccc1)Oc1ccc(C(C)(c2ccccc2)c2ccc(OC(CC)(OC(=O)CCCl)Oc3ccccc3)cc2)cc1. The molecule has 5 aromatic carbocycles. The van der Waals surface area contributed by atoms with Crippen molar-refractivity contribution in [3.63, 3.8) is 0 Å². The second-order valence-electron chi connectivity index (χ2n) is 12.5. The zero-order valence-corrected chi connectivity index (χ0v) is 32.1. The number of carbonyl (C=O) groups excluding carboxylic acids is 2. The molecule has 0 amide bonds. The predicted molar refractivity (Wildman–Crippen MR) is 209 cm³/mol. The van der Waals surface area contributed by atoms with E-state index in [2.05, 4.69) is 19.1 Å². The van der Waals surface area contributed by atoms with Gasteiger partial charge in [0.25, 0.3) is 0 Å². The molecule has 10 heteroatoms. The van der Waals surface area contributed by atoms with Gasteiger partial charge < -0.3 is 28.4 Å². The molecule has 0 bridgehead atoms.